The first-order chi connectivity index (χ1) is 16.1. The number of carbonyl (C=O) groups excluding carboxylic acids is 2. The smallest absolute Gasteiger partial charge is 0.339 e. The number of carbonyl (C=O) groups is 2. The molecule has 0 spiro atoms. The van der Waals surface area contributed by atoms with E-state index in [9.17, 15) is 9.59 Å². The third-order valence-corrected chi connectivity index (χ3v) is 6.46. The molecule has 2 heterocycles. The molecule has 0 aliphatic carbocycles. The van der Waals surface area contributed by atoms with Crippen LogP contribution in [-0.4, -0.2) is 41.5 Å². The van der Waals surface area contributed by atoms with Gasteiger partial charge in [0.1, 0.15) is 0 Å². The van der Waals surface area contributed by atoms with E-state index in [1.165, 1.54) is 0 Å². The second-order valence-corrected chi connectivity index (χ2v) is 8.74. The minimum Gasteiger partial charge on any atom is -0.452 e. The van der Waals surface area contributed by atoms with Crippen LogP contribution in [0.15, 0.2) is 72.8 Å². The summed E-state index contributed by atoms with van der Waals surface area (Å²) < 4.78 is 5.50. The van der Waals surface area contributed by atoms with E-state index in [-0.39, 0.29) is 12.5 Å². The molecule has 0 atom stereocenters. The molecule has 0 radical (unpaired) electrons. The molecule has 1 saturated heterocycles. The summed E-state index contributed by atoms with van der Waals surface area (Å²) in [5.74, 6) is -0.0102. The van der Waals surface area contributed by atoms with E-state index in [1.54, 1.807) is 11.0 Å². The molecule has 0 unspecified atom stereocenters. The highest BCUT2D eigenvalue weighted by atomic mass is 16.5. The maximum absolute atomic E-state index is 13.1. The Morgan fingerprint density at radius 2 is 1.64 bits per heavy atom. The van der Waals surface area contributed by atoms with Crippen LogP contribution in [0.1, 0.15) is 30.1 Å². The minimum atomic E-state index is -0.506. The summed E-state index contributed by atoms with van der Waals surface area (Å²) >= 11 is 0. The van der Waals surface area contributed by atoms with Crippen molar-refractivity contribution in [2.24, 2.45) is 5.92 Å². The average molecular weight is 439 g/mol. The number of ether oxygens (including phenoxy) is 1. The molecule has 166 valence electrons. The largest absolute Gasteiger partial charge is 0.452 e. The molecule has 5 heteroatoms. The zero-order chi connectivity index (χ0) is 22.8. The Balaban J connectivity index is 1.46. The lowest BCUT2D eigenvalue weighted by atomic mass is 9.99. The van der Waals surface area contributed by atoms with Crippen molar-refractivity contribution in [1.82, 2.24) is 9.88 Å². The topological polar surface area (TPSA) is 59.5 Å². The first-order valence-electron chi connectivity index (χ1n) is 11.4. The Hall–Kier alpha value is -3.73. The zero-order valence-corrected chi connectivity index (χ0v) is 18.7. The summed E-state index contributed by atoms with van der Waals surface area (Å²) in [6.45, 7) is 3.40. The van der Waals surface area contributed by atoms with E-state index in [4.69, 9.17) is 9.72 Å². The van der Waals surface area contributed by atoms with Crippen LogP contribution in [0.4, 0.5) is 0 Å². The van der Waals surface area contributed by atoms with Gasteiger partial charge in [-0.05, 0) is 41.7 Å². The second-order valence-electron chi connectivity index (χ2n) is 8.74. The lowest BCUT2D eigenvalue weighted by Crippen LogP contribution is -2.40. The molecule has 5 nitrogen and oxygen atoms in total. The number of hydrogen-bond acceptors (Lipinski definition) is 4. The molecule has 0 N–H and O–H groups in total. The van der Waals surface area contributed by atoms with Gasteiger partial charge in [-0.25, -0.2) is 9.78 Å². The van der Waals surface area contributed by atoms with Gasteiger partial charge in [0.2, 0.25) is 0 Å². The first-order valence-corrected chi connectivity index (χ1v) is 11.4. The van der Waals surface area contributed by atoms with Gasteiger partial charge in [-0.2, -0.15) is 0 Å². The fraction of sp³-hybridized carbons (Fsp3) is 0.250. The van der Waals surface area contributed by atoms with Crippen LogP contribution < -0.4 is 0 Å². The number of fused-ring (bicyclic) bond motifs is 2. The van der Waals surface area contributed by atoms with Crippen LogP contribution in [0.3, 0.4) is 0 Å². The summed E-state index contributed by atoms with van der Waals surface area (Å²) in [5.41, 5.74) is 2.79. The summed E-state index contributed by atoms with van der Waals surface area (Å²) in [4.78, 5) is 32.3. The van der Waals surface area contributed by atoms with E-state index in [0.29, 0.717) is 28.1 Å². The van der Waals surface area contributed by atoms with Crippen molar-refractivity contribution in [2.45, 2.75) is 19.8 Å². The molecule has 0 bridgehead atoms. The lowest BCUT2D eigenvalue weighted by molar-refractivity contribution is -0.135. The normalized spacial score (nSPS) is 14.5. The molecule has 33 heavy (non-hydrogen) atoms. The Labute approximate surface area is 193 Å². The maximum atomic E-state index is 13.1. The summed E-state index contributed by atoms with van der Waals surface area (Å²) in [6, 6.07) is 23.5. The number of nitrogens with zero attached hydrogens (tertiary/aromatic N) is 2. The maximum Gasteiger partial charge on any atom is 0.339 e. The fourth-order valence-electron chi connectivity index (χ4n) is 4.49. The molecule has 3 aromatic carbocycles. The quantitative estimate of drug-likeness (QED) is 0.397. The molecular weight excluding hydrogens is 412 g/mol. The van der Waals surface area contributed by atoms with Gasteiger partial charge in [0.05, 0.1) is 16.8 Å². The fourth-order valence-corrected chi connectivity index (χ4v) is 4.49. The van der Waals surface area contributed by atoms with E-state index in [0.717, 1.165) is 42.3 Å². The van der Waals surface area contributed by atoms with Gasteiger partial charge in [0, 0.05) is 24.0 Å². The third kappa shape index (κ3) is 4.31. The molecule has 1 aliphatic heterocycles. The minimum absolute atomic E-state index is 0.136. The molecule has 1 aliphatic rings. The molecule has 4 aromatic rings. The monoisotopic (exact) mass is 438 g/mol. The number of hydrogen-bond donors (Lipinski definition) is 0. The van der Waals surface area contributed by atoms with Gasteiger partial charge >= 0.3 is 5.97 Å². The second kappa shape index (κ2) is 9.02. The van der Waals surface area contributed by atoms with Gasteiger partial charge in [-0.3, -0.25) is 4.79 Å². The number of esters is 1. The van der Waals surface area contributed by atoms with Crippen LogP contribution in [0.2, 0.25) is 0 Å². The number of amides is 1. The molecule has 5 rings (SSSR count). The number of piperidine rings is 1. The van der Waals surface area contributed by atoms with Crippen molar-refractivity contribution >= 4 is 33.6 Å². The molecule has 1 fully saturated rings. The predicted octanol–water partition coefficient (Wildman–Crippen LogP) is 5.47. The number of likely N-dealkylation sites (tertiary alicyclic amines) is 1. The first kappa shape index (κ1) is 21.1. The number of para-hydroxylation sites is 1. The van der Waals surface area contributed by atoms with Crippen LogP contribution >= 0.6 is 0 Å². The van der Waals surface area contributed by atoms with E-state index < -0.39 is 5.97 Å². The molecular formula is C28H26N2O3. The summed E-state index contributed by atoms with van der Waals surface area (Å²) in [5, 5.41) is 2.89. The van der Waals surface area contributed by atoms with Crippen LogP contribution in [-0.2, 0) is 9.53 Å². The van der Waals surface area contributed by atoms with E-state index in [1.807, 2.05) is 48.5 Å². The lowest BCUT2D eigenvalue weighted by Gasteiger charge is -2.30. The highest BCUT2D eigenvalue weighted by Gasteiger charge is 2.22. The van der Waals surface area contributed by atoms with Crippen LogP contribution in [0.25, 0.3) is 32.9 Å². The summed E-state index contributed by atoms with van der Waals surface area (Å²) in [6.07, 6.45) is 1.98. The molecule has 0 saturated carbocycles. The van der Waals surface area contributed by atoms with Crippen LogP contribution in [0, 0.1) is 5.92 Å². The van der Waals surface area contributed by atoms with Gasteiger partial charge in [-0.15, -0.1) is 0 Å². The zero-order valence-electron chi connectivity index (χ0n) is 18.7. The highest BCUT2D eigenvalue weighted by molar-refractivity contribution is 6.06. The Bertz CT molecular complexity index is 1330. The van der Waals surface area contributed by atoms with Crippen molar-refractivity contribution in [1.29, 1.82) is 0 Å². The Morgan fingerprint density at radius 1 is 0.939 bits per heavy atom. The Morgan fingerprint density at radius 3 is 2.45 bits per heavy atom. The van der Waals surface area contributed by atoms with Crippen molar-refractivity contribution in [3.05, 3.63) is 78.4 Å². The highest BCUT2D eigenvalue weighted by Crippen LogP contribution is 2.30. The number of rotatable bonds is 4. The standard InChI is InChI=1S/C28H26N2O3/c1-19-13-15-30(16-14-19)27(31)18-33-28(32)24-17-26(29-25-12-5-4-10-23(24)25)22-11-6-8-20-7-2-3-9-21(20)22/h2-12,17,19H,13-16,18H2,1H3. The third-order valence-electron chi connectivity index (χ3n) is 6.46. The van der Waals surface area contributed by atoms with Crippen LogP contribution in [0.5, 0.6) is 0 Å². The molecule has 1 aromatic heterocycles. The van der Waals surface area contributed by atoms with Crippen molar-refractivity contribution < 1.29 is 14.3 Å². The number of benzene rings is 3. The Kier molecular flexibility index (Phi) is 5.78. The SMILES string of the molecule is CC1CCN(C(=O)COC(=O)c2cc(-c3cccc4ccccc34)nc3ccccc23)CC1. The van der Waals surface area contributed by atoms with Crippen molar-refractivity contribution in [2.75, 3.05) is 19.7 Å². The van der Waals surface area contributed by atoms with Gasteiger partial charge in [0.15, 0.2) is 6.61 Å². The van der Waals surface area contributed by atoms with Gasteiger partial charge < -0.3 is 9.64 Å². The van der Waals surface area contributed by atoms with Crippen molar-refractivity contribution in [3.8, 4) is 11.3 Å². The molecule has 1 amide bonds. The average Bonchev–Trinajstić information content (AvgIpc) is 2.86. The van der Waals surface area contributed by atoms with E-state index >= 15 is 0 Å². The van der Waals surface area contributed by atoms with Crippen molar-refractivity contribution in [3.63, 3.8) is 0 Å². The number of pyridine rings is 1. The van der Waals surface area contributed by atoms with Gasteiger partial charge in [0.25, 0.3) is 5.91 Å². The van der Waals surface area contributed by atoms with Gasteiger partial charge in [-0.1, -0.05) is 67.6 Å². The summed E-state index contributed by atoms with van der Waals surface area (Å²) in [7, 11) is 0. The predicted molar refractivity (Wildman–Crippen MR) is 130 cm³/mol. The van der Waals surface area contributed by atoms with E-state index in [2.05, 4.69) is 25.1 Å². The number of aromatic nitrogens is 1.